The smallest absolute Gasteiger partial charge is 0.326 e. The lowest BCUT2D eigenvalue weighted by atomic mass is 10.0. The van der Waals surface area contributed by atoms with Crippen molar-refractivity contribution in [2.45, 2.75) is 43.8 Å². The van der Waals surface area contributed by atoms with E-state index >= 15 is 0 Å². The minimum absolute atomic E-state index is 0.0876. The summed E-state index contributed by atoms with van der Waals surface area (Å²) in [4.78, 5) is 57.2. The molecule has 0 saturated heterocycles. The number of nitrogens with two attached hydrogens (primary N) is 3. The second kappa shape index (κ2) is 15.0. The molecule has 0 aliphatic rings. The third-order valence-corrected chi connectivity index (χ3v) is 6.37. The highest BCUT2D eigenvalue weighted by atomic mass is 16.4. The van der Waals surface area contributed by atoms with E-state index < -0.39 is 48.4 Å². The summed E-state index contributed by atoms with van der Waals surface area (Å²) in [6.07, 6.45) is 2.57. The quantitative estimate of drug-likeness (QED) is 0.0680. The number of fused-ring (bicyclic) bond motifs is 1. The molecule has 0 bridgehead atoms. The largest absolute Gasteiger partial charge is 0.480 e. The highest BCUT2D eigenvalue weighted by Crippen LogP contribution is 2.19. The number of para-hydroxylation sites is 1. The lowest BCUT2D eigenvalue weighted by Gasteiger charge is -2.21. The molecule has 3 atom stereocenters. The fraction of sp³-hybridized carbons (Fsp3) is 0.321. The van der Waals surface area contributed by atoms with Gasteiger partial charge in [-0.15, -0.1) is 0 Å². The van der Waals surface area contributed by atoms with Crippen LogP contribution < -0.4 is 33.2 Å². The van der Waals surface area contributed by atoms with Crippen molar-refractivity contribution in [2.75, 3.05) is 13.1 Å². The fourth-order valence-electron chi connectivity index (χ4n) is 4.27. The van der Waals surface area contributed by atoms with Crippen molar-refractivity contribution >= 4 is 40.6 Å². The number of aromatic amines is 1. The van der Waals surface area contributed by atoms with Crippen LogP contribution in [0.1, 0.15) is 24.0 Å². The predicted octanol–water partition coefficient (Wildman–Crippen LogP) is -0.496. The number of carbonyl (C=O) groups is 4. The number of nitrogens with one attached hydrogen (secondary N) is 4. The molecule has 1 heterocycles. The van der Waals surface area contributed by atoms with Crippen LogP contribution in [0, 0.1) is 0 Å². The van der Waals surface area contributed by atoms with Gasteiger partial charge in [0, 0.05) is 30.1 Å². The number of hydrogen-bond donors (Lipinski definition) is 8. The van der Waals surface area contributed by atoms with Crippen LogP contribution in [0.4, 0.5) is 0 Å². The Morgan fingerprint density at radius 2 is 1.61 bits per heavy atom. The zero-order valence-electron chi connectivity index (χ0n) is 22.5. The Labute approximate surface area is 236 Å². The summed E-state index contributed by atoms with van der Waals surface area (Å²) in [7, 11) is 0. The van der Waals surface area contributed by atoms with E-state index in [1.807, 2.05) is 54.6 Å². The van der Waals surface area contributed by atoms with Crippen LogP contribution in [0.2, 0.25) is 0 Å². The number of aliphatic carboxylic acids is 1. The van der Waals surface area contributed by atoms with Crippen molar-refractivity contribution < 1.29 is 24.3 Å². The minimum Gasteiger partial charge on any atom is -0.480 e. The van der Waals surface area contributed by atoms with Crippen molar-refractivity contribution in [1.29, 1.82) is 0 Å². The molecule has 0 saturated carbocycles. The lowest BCUT2D eigenvalue weighted by Crippen LogP contribution is -2.54. The first kappa shape index (κ1) is 30.6. The van der Waals surface area contributed by atoms with Gasteiger partial charge >= 0.3 is 5.97 Å². The highest BCUT2D eigenvalue weighted by molar-refractivity contribution is 5.93. The van der Waals surface area contributed by atoms with Gasteiger partial charge in [-0.3, -0.25) is 19.4 Å². The van der Waals surface area contributed by atoms with Crippen LogP contribution in [0.5, 0.6) is 0 Å². The van der Waals surface area contributed by atoms with E-state index in [0.717, 1.165) is 22.0 Å². The third kappa shape index (κ3) is 9.65. The molecule has 13 heteroatoms. The first-order valence-electron chi connectivity index (χ1n) is 13.1. The number of hydrogen-bond acceptors (Lipinski definition) is 6. The second-order valence-electron chi connectivity index (χ2n) is 9.55. The number of rotatable bonds is 15. The van der Waals surface area contributed by atoms with E-state index in [2.05, 4.69) is 25.9 Å². The van der Waals surface area contributed by atoms with Gasteiger partial charge in [-0.25, -0.2) is 4.79 Å². The second-order valence-corrected chi connectivity index (χ2v) is 9.55. The molecule has 218 valence electrons. The summed E-state index contributed by atoms with van der Waals surface area (Å²) in [5.41, 5.74) is 19.2. The number of carboxylic acid groups (broad SMARTS) is 1. The number of nitrogens with zero attached hydrogens (tertiary/aromatic N) is 1. The van der Waals surface area contributed by atoms with Gasteiger partial charge in [0.25, 0.3) is 0 Å². The van der Waals surface area contributed by atoms with E-state index in [1.165, 1.54) is 0 Å². The molecule has 13 nitrogen and oxygen atoms in total. The summed E-state index contributed by atoms with van der Waals surface area (Å²) >= 11 is 0. The van der Waals surface area contributed by atoms with Crippen LogP contribution >= 0.6 is 0 Å². The first-order chi connectivity index (χ1) is 19.6. The normalized spacial score (nSPS) is 13.0. The molecule has 0 aliphatic carbocycles. The SMILES string of the molecule is NC(N)=NCCCC(NC(=O)CNC(=O)C(Cc1c[nH]c2ccccc12)NC(=O)C(N)Cc1ccccc1)C(=O)O. The number of H-pyrrole nitrogens is 1. The Kier molecular flexibility index (Phi) is 11.2. The predicted molar refractivity (Wildman–Crippen MR) is 155 cm³/mol. The summed E-state index contributed by atoms with van der Waals surface area (Å²) in [5, 5.41) is 17.9. The highest BCUT2D eigenvalue weighted by Gasteiger charge is 2.26. The summed E-state index contributed by atoms with van der Waals surface area (Å²) in [5.74, 6) is -3.19. The minimum atomic E-state index is -1.23. The molecular formula is C28H36N8O5. The van der Waals surface area contributed by atoms with Crippen LogP contribution in [0.25, 0.3) is 10.9 Å². The topological polar surface area (TPSA) is 231 Å². The number of aromatic nitrogens is 1. The van der Waals surface area contributed by atoms with Crippen LogP contribution in [0.15, 0.2) is 65.8 Å². The zero-order chi connectivity index (χ0) is 29.8. The molecule has 0 aliphatic heterocycles. The van der Waals surface area contributed by atoms with Gasteiger partial charge in [0.15, 0.2) is 5.96 Å². The zero-order valence-corrected chi connectivity index (χ0v) is 22.5. The molecule has 3 unspecified atom stereocenters. The number of amides is 3. The third-order valence-electron chi connectivity index (χ3n) is 6.37. The van der Waals surface area contributed by atoms with Crippen molar-refractivity contribution in [3.8, 4) is 0 Å². The van der Waals surface area contributed by atoms with Gasteiger partial charge in [0.2, 0.25) is 17.7 Å². The van der Waals surface area contributed by atoms with Gasteiger partial charge in [-0.2, -0.15) is 0 Å². The molecule has 11 N–H and O–H groups in total. The van der Waals surface area contributed by atoms with Crippen LogP contribution in [-0.4, -0.2) is 71.0 Å². The molecule has 3 rings (SSSR count). The van der Waals surface area contributed by atoms with E-state index in [0.29, 0.717) is 6.42 Å². The van der Waals surface area contributed by atoms with Crippen LogP contribution in [0.3, 0.4) is 0 Å². The standard InChI is InChI=1S/C28H36N8O5/c29-20(13-17-7-2-1-3-8-17)25(38)36-23(14-18-15-33-21-10-5-4-9-19(18)21)26(39)34-16-24(37)35-22(27(40)41)11-6-12-32-28(30)31/h1-5,7-10,15,20,22-23,33H,6,11-14,16,29H2,(H,34,39)(H,35,37)(H,36,38)(H,40,41)(H4,30,31,32). The number of guanidine groups is 1. The van der Waals surface area contributed by atoms with Crippen molar-refractivity contribution in [1.82, 2.24) is 20.9 Å². The summed E-state index contributed by atoms with van der Waals surface area (Å²) in [6.45, 7) is -0.285. The average Bonchev–Trinajstić information content (AvgIpc) is 3.35. The number of carboxylic acids is 1. The molecule has 41 heavy (non-hydrogen) atoms. The van der Waals surface area contributed by atoms with Crippen LogP contribution in [-0.2, 0) is 32.0 Å². The van der Waals surface area contributed by atoms with Crippen molar-refractivity contribution in [3.05, 3.63) is 71.9 Å². The Morgan fingerprint density at radius 3 is 2.32 bits per heavy atom. The Balaban J connectivity index is 1.65. The van der Waals surface area contributed by atoms with Gasteiger partial charge in [0.1, 0.15) is 12.1 Å². The maximum Gasteiger partial charge on any atom is 0.326 e. The van der Waals surface area contributed by atoms with E-state index in [-0.39, 0.29) is 31.8 Å². The Morgan fingerprint density at radius 1 is 0.902 bits per heavy atom. The van der Waals surface area contributed by atoms with E-state index in [4.69, 9.17) is 17.2 Å². The van der Waals surface area contributed by atoms with Gasteiger partial charge in [-0.05, 0) is 36.5 Å². The average molecular weight is 565 g/mol. The molecule has 3 aromatic rings. The number of carbonyl (C=O) groups excluding carboxylic acids is 3. The van der Waals surface area contributed by atoms with Crippen molar-refractivity contribution in [2.24, 2.45) is 22.2 Å². The fourth-order valence-corrected chi connectivity index (χ4v) is 4.27. The Bertz CT molecular complexity index is 1370. The van der Waals surface area contributed by atoms with Gasteiger partial charge in [0.05, 0.1) is 12.6 Å². The molecule has 3 amide bonds. The van der Waals surface area contributed by atoms with Crippen molar-refractivity contribution in [3.63, 3.8) is 0 Å². The monoisotopic (exact) mass is 564 g/mol. The van der Waals surface area contributed by atoms with E-state index in [9.17, 15) is 24.3 Å². The number of aliphatic imine (C=N–C) groups is 1. The molecule has 2 aromatic carbocycles. The number of benzene rings is 2. The molecule has 0 spiro atoms. The van der Waals surface area contributed by atoms with Gasteiger partial charge < -0.3 is 43.2 Å². The summed E-state index contributed by atoms with van der Waals surface area (Å²) in [6, 6.07) is 13.6. The molecule has 1 aromatic heterocycles. The first-order valence-corrected chi connectivity index (χ1v) is 13.1. The molecule has 0 fully saturated rings. The molecule has 0 radical (unpaired) electrons. The lowest BCUT2D eigenvalue weighted by molar-refractivity contribution is -0.142. The maximum atomic E-state index is 13.2. The summed E-state index contributed by atoms with van der Waals surface area (Å²) < 4.78 is 0. The van der Waals surface area contributed by atoms with Gasteiger partial charge in [-0.1, -0.05) is 48.5 Å². The molecular weight excluding hydrogens is 528 g/mol. The van der Waals surface area contributed by atoms with E-state index in [1.54, 1.807) is 6.20 Å². The Hall–Kier alpha value is -4.91. The maximum absolute atomic E-state index is 13.2.